The number of nitrogens with zero attached hydrogens (tertiary/aromatic N) is 3. The second-order valence-electron chi connectivity index (χ2n) is 8.81. The zero-order chi connectivity index (χ0) is 21.8. The smallest absolute Gasteiger partial charge is 0.150 e. The normalized spacial score (nSPS) is 16.1. The summed E-state index contributed by atoms with van der Waals surface area (Å²) in [5.74, 6) is 2.41. The third-order valence-electron chi connectivity index (χ3n) is 6.65. The molecule has 1 aliphatic rings. The van der Waals surface area contributed by atoms with E-state index in [9.17, 15) is 0 Å². The average Bonchev–Trinajstić information content (AvgIpc) is 3.43. The van der Waals surface area contributed by atoms with Gasteiger partial charge in [-0.3, -0.25) is 0 Å². The Morgan fingerprint density at radius 3 is 2.28 bits per heavy atom. The zero-order valence-electron chi connectivity index (χ0n) is 18.4. The Morgan fingerprint density at radius 1 is 0.812 bits per heavy atom. The average molecular weight is 423 g/mol. The van der Waals surface area contributed by atoms with Gasteiger partial charge in [-0.15, -0.1) is 10.2 Å². The number of hydrogen-bond acceptors (Lipinski definition) is 3. The van der Waals surface area contributed by atoms with E-state index < -0.39 is 0 Å². The van der Waals surface area contributed by atoms with Crippen molar-refractivity contribution in [1.29, 1.82) is 0 Å². The van der Waals surface area contributed by atoms with Crippen molar-refractivity contribution >= 4 is 0 Å². The number of hydrogen-bond donors (Lipinski definition) is 1. The molecule has 0 radical (unpaired) electrons. The van der Waals surface area contributed by atoms with Crippen LogP contribution in [0.2, 0.25) is 0 Å². The van der Waals surface area contributed by atoms with Crippen molar-refractivity contribution in [2.45, 2.75) is 50.6 Å². The van der Waals surface area contributed by atoms with Crippen molar-refractivity contribution in [1.82, 2.24) is 14.8 Å². The standard InChI is InChI=1S/C28H30N4/c29-26(19-24-17-16-23-13-7-8-14-25(23)24)28-31-30-27(18-15-21-9-3-1-4-10-21)32(28)20-22-11-5-2-6-12-22/h1-14,24,26H,15-20,29H2/t24?,26-/m1/s1. The van der Waals surface area contributed by atoms with Gasteiger partial charge < -0.3 is 10.3 Å². The molecule has 0 saturated carbocycles. The predicted molar refractivity (Wildman–Crippen MR) is 128 cm³/mol. The Labute approximate surface area is 190 Å². The van der Waals surface area contributed by atoms with Crippen LogP contribution in [0.15, 0.2) is 84.9 Å². The summed E-state index contributed by atoms with van der Waals surface area (Å²) < 4.78 is 2.25. The Balaban J connectivity index is 1.39. The third kappa shape index (κ3) is 4.51. The van der Waals surface area contributed by atoms with E-state index in [2.05, 4.69) is 99.7 Å². The highest BCUT2D eigenvalue weighted by molar-refractivity contribution is 5.35. The second kappa shape index (κ2) is 9.49. The molecule has 1 aromatic heterocycles. The molecule has 162 valence electrons. The molecular formula is C28H30N4. The summed E-state index contributed by atoms with van der Waals surface area (Å²) in [6, 6.07) is 29.8. The van der Waals surface area contributed by atoms with Gasteiger partial charge in [-0.1, -0.05) is 84.9 Å². The maximum Gasteiger partial charge on any atom is 0.150 e. The molecule has 2 atom stereocenters. The number of fused-ring (bicyclic) bond motifs is 1. The van der Waals surface area contributed by atoms with Crippen LogP contribution in [0.25, 0.3) is 0 Å². The van der Waals surface area contributed by atoms with Gasteiger partial charge in [0.05, 0.1) is 12.6 Å². The summed E-state index contributed by atoms with van der Waals surface area (Å²) in [6.07, 6.45) is 5.01. The first kappa shape index (κ1) is 20.7. The summed E-state index contributed by atoms with van der Waals surface area (Å²) in [5, 5.41) is 9.21. The van der Waals surface area contributed by atoms with Crippen molar-refractivity contribution in [3.8, 4) is 0 Å². The topological polar surface area (TPSA) is 56.7 Å². The van der Waals surface area contributed by atoms with Crippen LogP contribution in [0.1, 0.15) is 58.7 Å². The molecule has 0 aliphatic heterocycles. The van der Waals surface area contributed by atoms with Gasteiger partial charge in [0.25, 0.3) is 0 Å². The highest BCUT2D eigenvalue weighted by Crippen LogP contribution is 2.38. The largest absolute Gasteiger partial charge is 0.321 e. The molecule has 0 fully saturated rings. The monoisotopic (exact) mass is 422 g/mol. The molecule has 4 aromatic rings. The molecule has 0 bridgehead atoms. The van der Waals surface area contributed by atoms with Crippen LogP contribution in [0.3, 0.4) is 0 Å². The Morgan fingerprint density at radius 2 is 1.50 bits per heavy atom. The van der Waals surface area contributed by atoms with Crippen LogP contribution in [0.4, 0.5) is 0 Å². The van der Waals surface area contributed by atoms with Gasteiger partial charge in [0, 0.05) is 6.42 Å². The van der Waals surface area contributed by atoms with Crippen LogP contribution < -0.4 is 5.73 Å². The van der Waals surface area contributed by atoms with E-state index in [-0.39, 0.29) is 6.04 Å². The van der Waals surface area contributed by atoms with Crippen LogP contribution in [-0.2, 0) is 25.8 Å². The maximum atomic E-state index is 6.78. The summed E-state index contributed by atoms with van der Waals surface area (Å²) >= 11 is 0. The highest BCUT2D eigenvalue weighted by Gasteiger charge is 2.27. The molecule has 32 heavy (non-hydrogen) atoms. The predicted octanol–water partition coefficient (Wildman–Crippen LogP) is 5.23. The van der Waals surface area contributed by atoms with Gasteiger partial charge in [-0.05, 0) is 53.9 Å². The van der Waals surface area contributed by atoms with Crippen LogP contribution >= 0.6 is 0 Å². The highest BCUT2D eigenvalue weighted by atomic mass is 15.3. The molecule has 0 spiro atoms. The molecule has 0 saturated heterocycles. The fraction of sp³-hybridized carbons (Fsp3) is 0.286. The van der Waals surface area contributed by atoms with Crippen molar-refractivity contribution in [3.05, 3.63) is 119 Å². The van der Waals surface area contributed by atoms with Crippen molar-refractivity contribution in [2.75, 3.05) is 0 Å². The van der Waals surface area contributed by atoms with Gasteiger partial charge in [-0.25, -0.2) is 0 Å². The lowest BCUT2D eigenvalue weighted by Crippen LogP contribution is -2.20. The lowest BCUT2D eigenvalue weighted by atomic mass is 9.93. The summed E-state index contributed by atoms with van der Waals surface area (Å²) in [4.78, 5) is 0. The zero-order valence-corrected chi connectivity index (χ0v) is 18.4. The molecule has 5 rings (SSSR count). The molecule has 2 N–H and O–H groups in total. The van der Waals surface area contributed by atoms with Gasteiger partial charge >= 0.3 is 0 Å². The van der Waals surface area contributed by atoms with Crippen LogP contribution in [0.5, 0.6) is 0 Å². The molecule has 4 nitrogen and oxygen atoms in total. The van der Waals surface area contributed by atoms with E-state index in [1.54, 1.807) is 0 Å². The third-order valence-corrected chi connectivity index (χ3v) is 6.65. The maximum absolute atomic E-state index is 6.78. The Kier molecular flexibility index (Phi) is 6.13. The van der Waals surface area contributed by atoms with Crippen LogP contribution in [-0.4, -0.2) is 14.8 Å². The molecule has 1 heterocycles. The molecule has 1 unspecified atom stereocenters. The molecule has 3 aromatic carbocycles. The lowest BCUT2D eigenvalue weighted by Gasteiger charge is -2.19. The number of aryl methyl sites for hydroxylation is 3. The summed E-state index contributed by atoms with van der Waals surface area (Å²) in [5.41, 5.74) is 12.3. The number of aromatic nitrogens is 3. The lowest BCUT2D eigenvalue weighted by molar-refractivity contribution is 0.500. The summed E-state index contributed by atoms with van der Waals surface area (Å²) in [7, 11) is 0. The van der Waals surface area contributed by atoms with E-state index in [1.807, 2.05) is 0 Å². The SMILES string of the molecule is N[C@H](CC1CCc2ccccc21)c1nnc(CCc2ccccc2)n1Cc1ccccc1. The molecule has 1 aliphatic carbocycles. The fourth-order valence-corrected chi connectivity index (χ4v) is 4.95. The first-order valence-electron chi connectivity index (χ1n) is 11.6. The first-order chi connectivity index (χ1) is 15.8. The van der Waals surface area contributed by atoms with E-state index in [1.165, 1.54) is 28.7 Å². The second-order valence-corrected chi connectivity index (χ2v) is 8.81. The van der Waals surface area contributed by atoms with Crippen molar-refractivity contribution < 1.29 is 0 Å². The fourth-order valence-electron chi connectivity index (χ4n) is 4.95. The van der Waals surface area contributed by atoms with Gasteiger partial charge in [0.1, 0.15) is 11.6 Å². The minimum absolute atomic E-state index is 0.132. The molecule has 0 amide bonds. The number of nitrogens with two attached hydrogens (primary N) is 1. The number of rotatable bonds is 8. The van der Waals surface area contributed by atoms with E-state index >= 15 is 0 Å². The first-order valence-corrected chi connectivity index (χ1v) is 11.6. The number of benzene rings is 3. The van der Waals surface area contributed by atoms with Crippen molar-refractivity contribution in [2.24, 2.45) is 5.73 Å². The quantitative estimate of drug-likeness (QED) is 0.423. The van der Waals surface area contributed by atoms with Gasteiger partial charge in [-0.2, -0.15) is 0 Å². The summed E-state index contributed by atoms with van der Waals surface area (Å²) in [6.45, 7) is 0.752. The van der Waals surface area contributed by atoms with Gasteiger partial charge in [0.2, 0.25) is 0 Å². The Hall–Kier alpha value is -3.24. The molecular weight excluding hydrogens is 392 g/mol. The van der Waals surface area contributed by atoms with E-state index in [0.29, 0.717) is 5.92 Å². The van der Waals surface area contributed by atoms with Gasteiger partial charge in [0.15, 0.2) is 0 Å². The minimum Gasteiger partial charge on any atom is -0.321 e. The minimum atomic E-state index is -0.132. The van der Waals surface area contributed by atoms with E-state index in [4.69, 9.17) is 5.73 Å². The Bertz CT molecular complexity index is 1150. The van der Waals surface area contributed by atoms with Crippen LogP contribution in [0, 0.1) is 0 Å². The van der Waals surface area contributed by atoms with E-state index in [0.717, 1.165) is 43.9 Å². The van der Waals surface area contributed by atoms with Crippen molar-refractivity contribution in [3.63, 3.8) is 0 Å². The molecule has 4 heteroatoms.